The number of carbonyl (C=O) groups is 1. The van der Waals surface area contributed by atoms with Gasteiger partial charge < -0.3 is 14.7 Å². The van der Waals surface area contributed by atoms with Gasteiger partial charge in [0.2, 0.25) is 0 Å². The number of hydrogen-bond donors (Lipinski definition) is 2. The third-order valence-electron chi connectivity index (χ3n) is 3.22. The summed E-state index contributed by atoms with van der Waals surface area (Å²) in [5.41, 5.74) is 3.46. The Morgan fingerprint density at radius 2 is 1.92 bits per heavy atom. The van der Waals surface area contributed by atoms with Crippen LogP contribution in [0.25, 0.3) is 5.76 Å². The Hall–Kier alpha value is -3.20. The number of hydrogen-bond acceptors (Lipinski definition) is 5. The van der Waals surface area contributed by atoms with E-state index in [2.05, 4.69) is 10.3 Å². The summed E-state index contributed by atoms with van der Waals surface area (Å²) >= 11 is 0. The van der Waals surface area contributed by atoms with Crippen LogP contribution in [0.15, 0.2) is 54.7 Å². The molecule has 0 aliphatic carbocycles. The van der Waals surface area contributed by atoms with Crippen LogP contribution in [0.5, 0.6) is 5.75 Å². The molecule has 0 amide bonds. The smallest absolute Gasteiger partial charge is 0.478 e. The minimum absolute atomic E-state index is 0.0849. The molecular weight excluding hydrogens is 341 g/mol. The van der Waals surface area contributed by atoms with Crippen LogP contribution in [0.2, 0.25) is 0 Å². The number of nitrogens with zero attached hydrogens (tertiary/aromatic N) is 1. The van der Waals surface area contributed by atoms with E-state index < -0.39 is 12.3 Å². The zero-order valence-corrected chi connectivity index (χ0v) is 12.4. The van der Waals surface area contributed by atoms with Gasteiger partial charge in [0, 0.05) is 5.56 Å². The van der Waals surface area contributed by atoms with Crippen LogP contribution in [0.4, 0.5) is 18.9 Å². The largest absolute Gasteiger partial charge is 0.573 e. The Morgan fingerprint density at radius 3 is 2.64 bits per heavy atom. The Bertz CT molecular complexity index is 836. The molecule has 2 N–H and O–H groups in total. The van der Waals surface area contributed by atoms with E-state index in [9.17, 15) is 18.0 Å². The van der Waals surface area contributed by atoms with Crippen LogP contribution in [0.3, 0.4) is 0 Å². The van der Waals surface area contributed by atoms with Crippen molar-refractivity contribution in [1.82, 2.24) is 5.59 Å². The molecule has 0 saturated heterocycles. The average molecular weight is 352 g/mol. The zero-order chi connectivity index (χ0) is 18.0. The van der Waals surface area contributed by atoms with E-state index in [1.807, 2.05) is 0 Å². The summed E-state index contributed by atoms with van der Waals surface area (Å²) in [4.78, 5) is 16.3. The molecule has 130 valence electrons. The predicted molar refractivity (Wildman–Crippen MR) is 81.2 cm³/mol. The number of carboxylic acids is 1. The molecule has 1 heterocycles. The third kappa shape index (κ3) is 4.01. The summed E-state index contributed by atoms with van der Waals surface area (Å²) in [7, 11) is 0. The van der Waals surface area contributed by atoms with E-state index in [-0.39, 0.29) is 17.1 Å². The van der Waals surface area contributed by atoms with E-state index in [0.717, 1.165) is 0 Å². The van der Waals surface area contributed by atoms with Crippen LogP contribution < -0.4 is 15.3 Å². The SMILES string of the molecule is O=C(O)c1cccc(N2C=C(c3cccc(OC(F)(F)F)c3)ON2)c1. The van der Waals surface area contributed by atoms with Crippen molar-refractivity contribution in [2.45, 2.75) is 6.36 Å². The number of anilines is 1. The first-order chi connectivity index (χ1) is 11.8. The fraction of sp³-hybridized carbons (Fsp3) is 0.0625. The lowest BCUT2D eigenvalue weighted by atomic mass is 10.2. The molecule has 0 saturated carbocycles. The van der Waals surface area contributed by atoms with Gasteiger partial charge in [-0.2, -0.15) is 0 Å². The van der Waals surface area contributed by atoms with Crippen LogP contribution >= 0.6 is 0 Å². The van der Waals surface area contributed by atoms with Crippen molar-refractivity contribution in [3.63, 3.8) is 0 Å². The van der Waals surface area contributed by atoms with Gasteiger partial charge in [-0.05, 0) is 30.3 Å². The lowest BCUT2D eigenvalue weighted by Crippen LogP contribution is -2.27. The van der Waals surface area contributed by atoms with Gasteiger partial charge in [-0.15, -0.1) is 13.2 Å². The summed E-state index contributed by atoms with van der Waals surface area (Å²) in [5.74, 6) is -1.21. The van der Waals surface area contributed by atoms with Gasteiger partial charge in [-0.3, -0.25) is 0 Å². The first-order valence-electron chi connectivity index (χ1n) is 6.95. The van der Waals surface area contributed by atoms with Gasteiger partial charge in [0.15, 0.2) is 5.76 Å². The highest BCUT2D eigenvalue weighted by molar-refractivity contribution is 5.89. The maximum atomic E-state index is 12.3. The number of aromatic carboxylic acids is 1. The van der Waals surface area contributed by atoms with Crippen molar-refractivity contribution in [2.75, 3.05) is 5.01 Å². The molecule has 2 aromatic rings. The Kier molecular flexibility index (Phi) is 4.24. The van der Waals surface area contributed by atoms with Crippen LogP contribution in [0, 0.1) is 0 Å². The fourth-order valence-corrected chi connectivity index (χ4v) is 2.16. The monoisotopic (exact) mass is 352 g/mol. The number of ether oxygens (including phenoxy) is 1. The standard InChI is InChI=1S/C16H11F3N2O4/c17-16(18,19)24-13-6-2-3-10(8-13)14-9-21(20-25-14)12-5-1-4-11(7-12)15(22)23/h1-9,20H,(H,22,23). The zero-order valence-electron chi connectivity index (χ0n) is 12.4. The molecule has 0 radical (unpaired) electrons. The van der Waals surface area contributed by atoms with E-state index in [4.69, 9.17) is 9.94 Å². The minimum Gasteiger partial charge on any atom is -0.478 e. The number of carboxylic acid groups (broad SMARTS) is 1. The molecule has 0 bridgehead atoms. The van der Waals surface area contributed by atoms with Crippen molar-refractivity contribution in [3.05, 3.63) is 65.9 Å². The third-order valence-corrected chi connectivity index (χ3v) is 3.22. The summed E-state index contributed by atoms with van der Waals surface area (Å²) in [6.45, 7) is 0. The highest BCUT2D eigenvalue weighted by Gasteiger charge is 2.31. The number of hydrazine groups is 1. The quantitative estimate of drug-likeness (QED) is 0.877. The summed E-state index contributed by atoms with van der Waals surface area (Å²) in [6, 6.07) is 11.4. The highest BCUT2D eigenvalue weighted by atomic mass is 19.4. The average Bonchev–Trinajstić information content (AvgIpc) is 3.03. The van der Waals surface area contributed by atoms with Crippen molar-refractivity contribution < 1.29 is 32.6 Å². The van der Waals surface area contributed by atoms with E-state index in [1.165, 1.54) is 41.5 Å². The molecule has 0 fully saturated rings. The topological polar surface area (TPSA) is 71.0 Å². The summed E-state index contributed by atoms with van der Waals surface area (Å²) < 4.78 is 40.8. The van der Waals surface area contributed by atoms with Crippen molar-refractivity contribution >= 4 is 17.4 Å². The number of nitrogens with one attached hydrogen (secondary N) is 1. The minimum atomic E-state index is -4.79. The maximum absolute atomic E-state index is 12.3. The van der Waals surface area contributed by atoms with Crippen molar-refractivity contribution in [1.29, 1.82) is 0 Å². The highest BCUT2D eigenvalue weighted by Crippen LogP contribution is 2.29. The Labute approximate surface area is 139 Å². The first-order valence-corrected chi connectivity index (χ1v) is 6.95. The molecule has 0 spiro atoms. The van der Waals surface area contributed by atoms with Gasteiger partial charge in [0.05, 0.1) is 17.5 Å². The molecule has 0 unspecified atom stereocenters. The predicted octanol–water partition coefficient (Wildman–Crippen LogP) is 3.54. The molecule has 3 rings (SSSR count). The number of halogens is 3. The molecule has 0 aromatic heterocycles. The van der Waals surface area contributed by atoms with Gasteiger partial charge >= 0.3 is 12.3 Å². The van der Waals surface area contributed by atoms with Gasteiger partial charge in [0.25, 0.3) is 0 Å². The Morgan fingerprint density at radius 1 is 1.16 bits per heavy atom. The molecule has 1 aliphatic rings. The number of rotatable bonds is 4. The first kappa shape index (κ1) is 16.7. The van der Waals surface area contributed by atoms with Gasteiger partial charge in [-0.25, -0.2) is 9.80 Å². The summed E-state index contributed by atoms with van der Waals surface area (Å²) in [6.07, 6.45) is -3.31. The lowest BCUT2D eigenvalue weighted by molar-refractivity contribution is -0.274. The molecule has 9 heteroatoms. The molecule has 6 nitrogen and oxygen atoms in total. The molecule has 2 aromatic carbocycles. The molecule has 0 atom stereocenters. The van der Waals surface area contributed by atoms with E-state index in [0.29, 0.717) is 11.3 Å². The van der Waals surface area contributed by atoms with E-state index >= 15 is 0 Å². The van der Waals surface area contributed by atoms with Crippen molar-refractivity contribution in [2.24, 2.45) is 0 Å². The number of benzene rings is 2. The van der Waals surface area contributed by atoms with Gasteiger partial charge in [-0.1, -0.05) is 23.8 Å². The second kappa shape index (κ2) is 6.36. The van der Waals surface area contributed by atoms with E-state index in [1.54, 1.807) is 18.2 Å². The van der Waals surface area contributed by atoms with Gasteiger partial charge in [0.1, 0.15) is 5.75 Å². The fourth-order valence-electron chi connectivity index (χ4n) is 2.16. The van der Waals surface area contributed by atoms with Crippen molar-refractivity contribution in [3.8, 4) is 5.75 Å². The Balaban J connectivity index is 1.83. The van der Waals surface area contributed by atoms with Crippen LogP contribution in [-0.4, -0.2) is 17.4 Å². The van der Waals surface area contributed by atoms with Crippen LogP contribution in [-0.2, 0) is 4.84 Å². The second-order valence-corrected chi connectivity index (χ2v) is 4.99. The lowest BCUT2D eigenvalue weighted by Gasteiger charge is -2.13. The molecule has 25 heavy (non-hydrogen) atoms. The molecular formula is C16H11F3N2O4. The maximum Gasteiger partial charge on any atom is 0.573 e. The molecule has 1 aliphatic heterocycles. The summed E-state index contributed by atoms with van der Waals surface area (Å²) in [5, 5.41) is 10.4. The normalized spacial score (nSPS) is 14.0. The second-order valence-electron chi connectivity index (χ2n) is 4.99. The van der Waals surface area contributed by atoms with Crippen LogP contribution in [0.1, 0.15) is 15.9 Å². The number of alkyl halides is 3.